The van der Waals surface area contributed by atoms with Crippen LogP contribution in [0.4, 0.5) is 27.1 Å². The maximum absolute atomic E-state index is 13.4. The molecule has 0 bridgehead atoms. The van der Waals surface area contributed by atoms with Crippen molar-refractivity contribution in [2.45, 2.75) is 12.1 Å². The van der Waals surface area contributed by atoms with Crippen molar-refractivity contribution in [3.8, 4) is 17.0 Å². The van der Waals surface area contributed by atoms with Crippen molar-refractivity contribution in [1.29, 1.82) is 0 Å². The van der Waals surface area contributed by atoms with E-state index in [0.29, 0.717) is 12.1 Å². The number of alkyl halides is 5. The number of ether oxygens (including phenoxy) is 1. The number of methoxy groups -OCH3 is 1. The molecule has 0 radical (unpaired) electrons. The zero-order valence-electron chi connectivity index (χ0n) is 10.5. The highest BCUT2D eigenvalue weighted by Gasteiger charge is 2.58. The van der Waals surface area contributed by atoms with Crippen molar-refractivity contribution in [2.75, 3.05) is 12.8 Å². The number of nitrogens with zero attached hydrogens (tertiary/aromatic N) is 1. The van der Waals surface area contributed by atoms with Crippen molar-refractivity contribution in [2.24, 2.45) is 0 Å². The first-order valence-corrected chi connectivity index (χ1v) is 6.39. The minimum absolute atomic E-state index is 0.0203. The Balaban J connectivity index is 2.58. The van der Waals surface area contributed by atoms with Crippen LogP contribution in [0.2, 0.25) is 0 Å². The van der Waals surface area contributed by atoms with Crippen LogP contribution in [0.5, 0.6) is 5.75 Å². The molecule has 0 aliphatic carbocycles. The fourth-order valence-electron chi connectivity index (χ4n) is 1.68. The number of thiazole rings is 1. The third-order valence-electron chi connectivity index (χ3n) is 2.72. The summed E-state index contributed by atoms with van der Waals surface area (Å²) >= 11 is 1.04. The summed E-state index contributed by atoms with van der Waals surface area (Å²) in [5.41, 5.74) is 4.45. The van der Waals surface area contributed by atoms with Crippen molar-refractivity contribution in [3.63, 3.8) is 0 Å². The lowest BCUT2D eigenvalue weighted by atomic mass is 10.0. The molecule has 1 aromatic heterocycles. The fourth-order valence-corrected chi connectivity index (χ4v) is 2.24. The number of nitrogens with two attached hydrogens (primary N) is 1. The van der Waals surface area contributed by atoms with Gasteiger partial charge in [-0.25, -0.2) is 4.98 Å². The Morgan fingerprint density at radius 2 is 1.86 bits per heavy atom. The zero-order valence-corrected chi connectivity index (χ0v) is 11.4. The van der Waals surface area contributed by atoms with E-state index in [1.807, 2.05) is 0 Å². The normalized spacial score (nSPS) is 12.5. The van der Waals surface area contributed by atoms with E-state index in [2.05, 4.69) is 4.98 Å². The lowest BCUT2D eigenvalue weighted by Crippen LogP contribution is -2.33. The van der Waals surface area contributed by atoms with E-state index in [4.69, 9.17) is 10.5 Å². The first-order valence-electron chi connectivity index (χ1n) is 5.51. The molecule has 2 rings (SSSR count). The van der Waals surface area contributed by atoms with E-state index in [0.717, 1.165) is 17.4 Å². The van der Waals surface area contributed by atoms with Crippen LogP contribution in [0.3, 0.4) is 0 Å². The van der Waals surface area contributed by atoms with Gasteiger partial charge in [0, 0.05) is 16.5 Å². The van der Waals surface area contributed by atoms with Gasteiger partial charge in [-0.05, 0) is 18.2 Å². The monoisotopic (exact) mass is 324 g/mol. The van der Waals surface area contributed by atoms with E-state index in [1.54, 1.807) is 0 Å². The van der Waals surface area contributed by atoms with E-state index < -0.39 is 17.7 Å². The van der Waals surface area contributed by atoms with Gasteiger partial charge in [0.2, 0.25) is 0 Å². The number of aromatic nitrogens is 1. The van der Waals surface area contributed by atoms with Gasteiger partial charge in [0.05, 0.1) is 12.8 Å². The molecule has 0 spiro atoms. The van der Waals surface area contributed by atoms with Crippen LogP contribution in [0.15, 0.2) is 23.6 Å². The number of benzene rings is 1. The smallest absolute Gasteiger partial charge is 0.458 e. The van der Waals surface area contributed by atoms with Gasteiger partial charge in [-0.2, -0.15) is 22.0 Å². The summed E-state index contributed by atoms with van der Waals surface area (Å²) in [6.45, 7) is 0. The summed E-state index contributed by atoms with van der Waals surface area (Å²) in [4.78, 5) is 3.87. The van der Waals surface area contributed by atoms with Gasteiger partial charge < -0.3 is 10.5 Å². The molecule has 2 aromatic rings. The number of hydrogen-bond acceptors (Lipinski definition) is 4. The third-order valence-corrected chi connectivity index (χ3v) is 3.39. The van der Waals surface area contributed by atoms with Crippen molar-refractivity contribution in [1.82, 2.24) is 4.98 Å². The average molecular weight is 324 g/mol. The molecule has 1 aromatic carbocycles. The summed E-state index contributed by atoms with van der Waals surface area (Å²) in [6, 6.07) is 2.42. The zero-order chi connectivity index (χ0) is 15.8. The van der Waals surface area contributed by atoms with Gasteiger partial charge in [0.1, 0.15) is 5.75 Å². The second-order valence-corrected chi connectivity index (χ2v) is 4.95. The van der Waals surface area contributed by atoms with Crippen LogP contribution in [-0.4, -0.2) is 18.3 Å². The largest absolute Gasteiger partial charge is 0.496 e. The Hall–Kier alpha value is -1.90. The Bertz CT molecular complexity index is 653. The second kappa shape index (κ2) is 5.14. The summed E-state index contributed by atoms with van der Waals surface area (Å²) in [7, 11) is 1.27. The summed E-state index contributed by atoms with van der Waals surface area (Å²) in [5.74, 6) is -4.84. The van der Waals surface area contributed by atoms with Crippen LogP contribution >= 0.6 is 11.3 Å². The SMILES string of the molecule is COc1ccc(C(F)(F)C(F)(F)F)cc1-c1csc(N)n1. The molecule has 0 atom stereocenters. The van der Waals surface area contributed by atoms with Crippen molar-refractivity contribution in [3.05, 3.63) is 29.1 Å². The summed E-state index contributed by atoms with van der Waals surface area (Å²) in [6.07, 6.45) is -5.68. The minimum atomic E-state index is -5.68. The van der Waals surface area contributed by atoms with Crippen LogP contribution in [0.1, 0.15) is 5.56 Å². The lowest BCUT2D eigenvalue weighted by Gasteiger charge is -2.21. The van der Waals surface area contributed by atoms with Gasteiger partial charge in [0.25, 0.3) is 0 Å². The van der Waals surface area contributed by atoms with Gasteiger partial charge in [-0.15, -0.1) is 11.3 Å². The molecule has 114 valence electrons. The molecule has 1 heterocycles. The molecule has 0 aliphatic heterocycles. The van der Waals surface area contributed by atoms with Crippen molar-refractivity contribution < 1.29 is 26.7 Å². The average Bonchev–Trinajstić information content (AvgIpc) is 2.83. The molecule has 0 aliphatic rings. The third kappa shape index (κ3) is 2.78. The Morgan fingerprint density at radius 3 is 2.33 bits per heavy atom. The molecule has 0 unspecified atom stereocenters. The van der Waals surface area contributed by atoms with E-state index in [1.165, 1.54) is 12.5 Å². The van der Waals surface area contributed by atoms with Crippen LogP contribution in [0, 0.1) is 0 Å². The van der Waals surface area contributed by atoms with Crippen LogP contribution in [-0.2, 0) is 5.92 Å². The highest BCUT2D eigenvalue weighted by atomic mass is 32.1. The maximum Gasteiger partial charge on any atom is 0.458 e. The highest BCUT2D eigenvalue weighted by molar-refractivity contribution is 7.13. The standard InChI is InChI=1S/C12H9F5N2OS/c1-20-9-3-2-6(11(13,14)12(15,16)17)4-7(9)8-5-21-10(18)19-8/h2-5H,1H3,(H2,18,19). The van der Waals surface area contributed by atoms with Gasteiger partial charge in [-0.1, -0.05) is 0 Å². The quantitative estimate of drug-likeness (QED) is 0.866. The molecular formula is C12H9F5N2OS. The predicted octanol–water partition coefficient (Wildman–Crippen LogP) is 4.06. The molecule has 0 saturated heterocycles. The van der Waals surface area contributed by atoms with Gasteiger partial charge in [-0.3, -0.25) is 0 Å². The molecular weight excluding hydrogens is 315 g/mol. The number of halogens is 5. The molecule has 0 amide bonds. The van der Waals surface area contributed by atoms with Crippen molar-refractivity contribution >= 4 is 16.5 Å². The first kappa shape index (κ1) is 15.5. The molecule has 3 nitrogen and oxygen atoms in total. The topological polar surface area (TPSA) is 48.1 Å². The lowest BCUT2D eigenvalue weighted by molar-refractivity contribution is -0.289. The van der Waals surface area contributed by atoms with Gasteiger partial charge in [0.15, 0.2) is 5.13 Å². The maximum atomic E-state index is 13.4. The first-order chi connectivity index (χ1) is 9.66. The van der Waals surface area contributed by atoms with Crippen LogP contribution < -0.4 is 10.5 Å². The highest BCUT2D eigenvalue weighted by Crippen LogP contribution is 2.46. The van der Waals surface area contributed by atoms with Gasteiger partial charge >= 0.3 is 12.1 Å². The number of rotatable bonds is 3. The number of nitrogen functional groups attached to an aromatic ring is 1. The Kier molecular flexibility index (Phi) is 3.79. The molecule has 9 heteroatoms. The Morgan fingerprint density at radius 1 is 1.19 bits per heavy atom. The van der Waals surface area contributed by atoms with Crippen LogP contribution in [0.25, 0.3) is 11.3 Å². The molecule has 0 saturated carbocycles. The number of anilines is 1. The summed E-state index contributed by atoms with van der Waals surface area (Å²) < 4.78 is 69.0. The second-order valence-electron chi connectivity index (χ2n) is 4.06. The Labute approximate surface area is 120 Å². The molecule has 2 N–H and O–H groups in total. The van der Waals surface area contributed by atoms with E-state index >= 15 is 0 Å². The fraction of sp³-hybridized carbons (Fsp3) is 0.250. The van der Waals surface area contributed by atoms with E-state index in [9.17, 15) is 22.0 Å². The predicted molar refractivity (Wildman–Crippen MR) is 68.5 cm³/mol. The molecule has 21 heavy (non-hydrogen) atoms. The number of hydrogen-bond donors (Lipinski definition) is 1. The summed E-state index contributed by atoms with van der Waals surface area (Å²) in [5, 5.41) is 1.61. The van der Waals surface area contributed by atoms with E-state index in [-0.39, 0.29) is 22.1 Å². The molecule has 0 fully saturated rings. The minimum Gasteiger partial charge on any atom is -0.496 e.